The summed E-state index contributed by atoms with van der Waals surface area (Å²) in [6, 6.07) is 8.76. The van der Waals surface area contributed by atoms with Crippen molar-refractivity contribution in [1.82, 2.24) is 5.32 Å². The van der Waals surface area contributed by atoms with Crippen LogP contribution in [0.25, 0.3) is 0 Å². The van der Waals surface area contributed by atoms with Gasteiger partial charge in [0.2, 0.25) is 5.91 Å². The molecule has 1 aromatic carbocycles. The zero-order valence-corrected chi connectivity index (χ0v) is 12.7. The summed E-state index contributed by atoms with van der Waals surface area (Å²) in [5, 5.41) is 11.9. The molecular weight excluding hydrogens is 282 g/mol. The highest BCUT2D eigenvalue weighted by Gasteiger charge is 2.30. The maximum absolute atomic E-state index is 11.9. The monoisotopic (exact) mass is 305 g/mol. The standard InChI is InChI=1S/C17H23NO4/c19-15(12-22-11-13-7-3-1-4-8-13)18-16(17(20)21)14-9-5-2-6-10-14/h1,3-4,7-8,14,16H,2,5-6,9-12H2,(H,18,19)(H,20,21)/t16-/m0/s1. The van der Waals surface area contributed by atoms with E-state index in [0.717, 1.165) is 37.7 Å². The van der Waals surface area contributed by atoms with Crippen molar-refractivity contribution in [2.45, 2.75) is 44.8 Å². The normalized spacial score (nSPS) is 16.9. The van der Waals surface area contributed by atoms with Gasteiger partial charge in [0, 0.05) is 0 Å². The van der Waals surface area contributed by atoms with Gasteiger partial charge in [0.05, 0.1) is 6.61 Å². The van der Waals surface area contributed by atoms with Crippen LogP contribution in [0.1, 0.15) is 37.7 Å². The van der Waals surface area contributed by atoms with Crippen LogP contribution in [0.2, 0.25) is 0 Å². The molecule has 0 saturated heterocycles. The summed E-state index contributed by atoms with van der Waals surface area (Å²) in [6.45, 7) is 0.223. The molecule has 1 aliphatic carbocycles. The molecule has 1 saturated carbocycles. The highest BCUT2D eigenvalue weighted by Crippen LogP contribution is 2.26. The Balaban J connectivity index is 1.77. The van der Waals surface area contributed by atoms with Crippen molar-refractivity contribution >= 4 is 11.9 Å². The van der Waals surface area contributed by atoms with E-state index < -0.39 is 12.0 Å². The number of hydrogen-bond acceptors (Lipinski definition) is 3. The Hall–Kier alpha value is -1.88. The minimum absolute atomic E-state index is 0.0318. The highest BCUT2D eigenvalue weighted by atomic mass is 16.5. The van der Waals surface area contributed by atoms with E-state index in [4.69, 9.17) is 4.74 Å². The van der Waals surface area contributed by atoms with Crippen LogP contribution in [0.15, 0.2) is 30.3 Å². The zero-order chi connectivity index (χ0) is 15.8. The molecule has 0 radical (unpaired) electrons. The molecule has 1 aromatic rings. The molecule has 0 unspecified atom stereocenters. The Morgan fingerprint density at radius 1 is 1.18 bits per heavy atom. The molecule has 0 aliphatic heterocycles. The number of carboxylic acid groups (broad SMARTS) is 1. The number of hydrogen-bond donors (Lipinski definition) is 2. The lowest BCUT2D eigenvalue weighted by Crippen LogP contribution is -2.47. The largest absolute Gasteiger partial charge is 0.480 e. The summed E-state index contributed by atoms with van der Waals surface area (Å²) in [4.78, 5) is 23.3. The van der Waals surface area contributed by atoms with Gasteiger partial charge in [-0.15, -0.1) is 0 Å². The Kier molecular flexibility index (Phi) is 6.40. The number of nitrogens with one attached hydrogen (secondary N) is 1. The molecule has 5 nitrogen and oxygen atoms in total. The number of ether oxygens (including phenoxy) is 1. The van der Waals surface area contributed by atoms with E-state index in [0.29, 0.717) is 6.61 Å². The Labute approximate surface area is 130 Å². The fraction of sp³-hybridized carbons (Fsp3) is 0.529. The SMILES string of the molecule is O=C(COCc1ccccc1)N[C@H](C(=O)O)C1CCCCC1. The molecule has 0 bridgehead atoms. The fourth-order valence-electron chi connectivity index (χ4n) is 2.90. The molecule has 1 aliphatic rings. The third-order valence-corrected chi connectivity index (χ3v) is 4.05. The third kappa shape index (κ3) is 5.15. The Bertz CT molecular complexity index is 483. The number of carbonyl (C=O) groups is 2. The second-order valence-electron chi connectivity index (χ2n) is 5.76. The topological polar surface area (TPSA) is 75.6 Å². The van der Waals surface area contributed by atoms with Crippen LogP contribution in [0.4, 0.5) is 0 Å². The van der Waals surface area contributed by atoms with Crippen LogP contribution in [-0.2, 0) is 20.9 Å². The van der Waals surface area contributed by atoms with Gasteiger partial charge < -0.3 is 15.2 Å². The van der Waals surface area contributed by atoms with Crippen LogP contribution >= 0.6 is 0 Å². The van der Waals surface area contributed by atoms with Gasteiger partial charge in [-0.2, -0.15) is 0 Å². The van der Waals surface area contributed by atoms with Crippen LogP contribution in [0.3, 0.4) is 0 Å². The molecule has 0 spiro atoms. The Morgan fingerprint density at radius 2 is 1.86 bits per heavy atom. The first-order valence-corrected chi connectivity index (χ1v) is 7.80. The minimum atomic E-state index is -0.955. The average Bonchev–Trinajstić information content (AvgIpc) is 2.54. The van der Waals surface area contributed by atoms with Gasteiger partial charge in [-0.1, -0.05) is 49.6 Å². The van der Waals surface area contributed by atoms with Gasteiger partial charge in [-0.3, -0.25) is 4.79 Å². The smallest absolute Gasteiger partial charge is 0.326 e. The summed E-state index contributed by atoms with van der Waals surface area (Å²) < 4.78 is 5.34. The fourth-order valence-corrected chi connectivity index (χ4v) is 2.90. The highest BCUT2D eigenvalue weighted by molar-refractivity contribution is 5.84. The zero-order valence-electron chi connectivity index (χ0n) is 12.7. The Morgan fingerprint density at radius 3 is 2.50 bits per heavy atom. The van der Waals surface area contributed by atoms with Gasteiger partial charge >= 0.3 is 5.97 Å². The van der Waals surface area contributed by atoms with Crippen LogP contribution in [0.5, 0.6) is 0 Å². The number of benzene rings is 1. The third-order valence-electron chi connectivity index (χ3n) is 4.05. The minimum Gasteiger partial charge on any atom is -0.480 e. The molecule has 1 atom stereocenters. The predicted molar refractivity (Wildman–Crippen MR) is 82.2 cm³/mol. The number of rotatable bonds is 7. The molecule has 120 valence electrons. The molecule has 1 fully saturated rings. The second-order valence-corrected chi connectivity index (χ2v) is 5.76. The lowest BCUT2D eigenvalue weighted by Gasteiger charge is -2.28. The molecule has 0 heterocycles. The molecule has 5 heteroatoms. The van der Waals surface area contributed by atoms with Crippen molar-refractivity contribution in [3.05, 3.63) is 35.9 Å². The number of aliphatic carboxylic acids is 1. The number of carbonyl (C=O) groups excluding carboxylic acids is 1. The summed E-state index contributed by atoms with van der Waals surface area (Å²) >= 11 is 0. The first-order chi connectivity index (χ1) is 10.7. The molecule has 2 rings (SSSR count). The van der Waals surface area contributed by atoms with Crippen molar-refractivity contribution in [2.24, 2.45) is 5.92 Å². The summed E-state index contributed by atoms with van der Waals surface area (Å²) in [5.74, 6) is -1.29. The van der Waals surface area contributed by atoms with Crippen molar-refractivity contribution in [1.29, 1.82) is 0 Å². The number of carboxylic acids is 1. The van der Waals surface area contributed by atoms with Crippen molar-refractivity contribution in [3.8, 4) is 0 Å². The van der Waals surface area contributed by atoms with Gasteiger partial charge in [-0.25, -0.2) is 4.79 Å². The predicted octanol–water partition coefficient (Wildman–Crippen LogP) is 2.35. The second kappa shape index (κ2) is 8.54. The summed E-state index contributed by atoms with van der Waals surface area (Å²) in [7, 11) is 0. The summed E-state index contributed by atoms with van der Waals surface area (Å²) in [5.41, 5.74) is 0.984. The van der Waals surface area contributed by atoms with E-state index in [1.54, 1.807) is 0 Å². The van der Waals surface area contributed by atoms with E-state index in [1.165, 1.54) is 0 Å². The molecule has 22 heavy (non-hydrogen) atoms. The molecule has 1 amide bonds. The van der Waals surface area contributed by atoms with Crippen molar-refractivity contribution in [2.75, 3.05) is 6.61 Å². The van der Waals surface area contributed by atoms with Gasteiger partial charge in [-0.05, 0) is 24.3 Å². The van der Waals surface area contributed by atoms with Crippen LogP contribution in [0, 0.1) is 5.92 Å². The van der Waals surface area contributed by atoms with Crippen LogP contribution < -0.4 is 5.32 Å². The average molecular weight is 305 g/mol. The van der Waals surface area contributed by atoms with Gasteiger partial charge in [0.25, 0.3) is 0 Å². The molecule has 2 N–H and O–H groups in total. The van der Waals surface area contributed by atoms with E-state index in [2.05, 4.69) is 5.32 Å². The van der Waals surface area contributed by atoms with Crippen LogP contribution in [-0.4, -0.2) is 29.6 Å². The maximum atomic E-state index is 11.9. The van der Waals surface area contributed by atoms with Gasteiger partial charge in [0.15, 0.2) is 0 Å². The molecule has 0 aromatic heterocycles. The van der Waals surface area contributed by atoms with E-state index in [-0.39, 0.29) is 18.4 Å². The van der Waals surface area contributed by atoms with Crippen molar-refractivity contribution < 1.29 is 19.4 Å². The maximum Gasteiger partial charge on any atom is 0.326 e. The quantitative estimate of drug-likeness (QED) is 0.811. The number of amides is 1. The first-order valence-electron chi connectivity index (χ1n) is 7.80. The lowest BCUT2D eigenvalue weighted by molar-refractivity contribution is -0.144. The van der Waals surface area contributed by atoms with E-state index >= 15 is 0 Å². The van der Waals surface area contributed by atoms with Gasteiger partial charge in [0.1, 0.15) is 12.6 Å². The van der Waals surface area contributed by atoms with E-state index in [1.807, 2.05) is 30.3 Å². The lowest BCUT2D eigenvalue weighted by atomic mass is 9.84. The van der Waals surface area contributed by atoms with E-state index in [9.17, 15) is 14.7 Å². The molecular formula is C17H23NO4. The first kappa shape index (κ1) is 16.5. The van der Waals surface area contributed by atoms with Crippen molar-refractivity contribution in [3.63, 3.8) is 0 Å². The summed E-state index contributed by atoms with van der Waals surface area (Å²) in [6.07, 6.45) is 4.95.